The van der Waals surface area contributed by atoms with Gasteiger partial charge in [0.25, 0.3) is 11.8 Å². The fraction of sp³-hybridized carbons (Fsp3) is 0.261. The number of halogens is 1. The second kappa shape index (κ2) is 10.1. The smallest absolute Gasteiger partial charge is 0.270 e. The molecule has 0 unspecified atom stereocenters. The van der Waals surface area contributed by atoms with Gasteiger partial charge in [0, 0.05) is 0 Å². The van der Waals surface area contributed by atoms with Crippen LogP contribution in [0.4, 0.5) is 5.69 Å². The van der Waals surface area contributed by atoms with Crippen molar-refractivity contribution >= 4 is 56.8 Å². The summed E-state index contributed by atoms with van der Waals surface area (Å²) in [5.41, 5.74) is 1.05. The summed E-state index contributed by atoms with van der Waals surface area (Å²) in [5.74, 6) is 0.585. The van der Waals surface area contributed by atoms with E-state index in [1.54, 1.807) is 43.5 Å². The van der Waals surface area contributed by atoms with E-state index in [-0.39, 0.29) is 16.8 Å². The van der Waals surface area contributed by atoms with Crippen LogP contribution in [0.2, 0.25) is 0 Å². The van der Waals surface area contributed by atoms with Gasteiger partial charge in [-0.3, -0.25) is 19.8 Å². The van der Waals surface area contributed by atoms with Gasteiger partial charge in [-0.1, -0.05) is 6.92 Å². The summed E-state index contributed by atoms with van der Waals surface area (Å²) >= 11 is 8.74. The van der Waals surface area contributed by atoms with Crippen molar-refractivity contribution in [3.63, 3.8) is 0 Å². The average molecular weight is 519 g/mol. The number of ether oxygens (including phenoxy) is 3. The number of amides is 2. The lowest BCUT2D eigenvalue weighted by atomic mass is 10.1. The third-order valence-corrected chi connectivity index (χ3v) is 5.76. The van der Waals surface area contributed by atoms with Crippen LogP contribution in [0.3, 0.4) is 0 Å². The standard InChI is InChI=1S/C23H23BrN2O5S/c1-5-13(2)31-20-18(24)11-14(12-19(20)30-4)10-17-21(27)25-23(32)26(22(17)28)15-6-8-16(29-3)9-7-15/h6-13H,5H2,1-4H3,(H,25,27,32)/b17-10+/t13-/m0/s1. The largest absolute Gasteiger partial charge is 0.497 e. The minimum atomic E-state index is -0.570. The Morgan fingerprint density at radius 1 is 1.16 bits per heavy atom. The molecule has 1 aliphatic rings. The van der Waals surface area contributed by atoms with Gasteiger partial charge in [-0.05, 0) is 89.5 Å². The Bertz CT molecular complexity index is 1080. The molecule has 0 aliphatic carbocycles. The molecular formula is C23H23BrN2O5S. The molecule has 1 saturated heterocycles. The Kier molecular flexibility index (Phi) is 7.52. The number of carbonyl (C=O) groups is 2. The van der Waals surface area contributed by atoms with E-state index in [1.807, 2.05) is 13.8 Å². The summed E-state index contributed by atoms with van der Waals surface area (Å²) in [6.45, 7) is 3.99. The number of hydrogen-bond acceptors (Lipinski definition) is 6. The lowest BCUT2D eigenvalue weighted by Crippen LogP contribution is -2.54. The van der Waals surface area contributed by atoms with E-state index in [9.17, 15) is 9.59 Å². The van der Waals surface area contributed by atoms with Gasteiger partial charge in [-0.25, -0.2) is 0 Å². The van der Waals surface area contributed by atoms with Crippen molar-refractivity contribution < 1.29 is 23.8 Å². The second-order valence-electron chi connectivity index (χ2n) is 7.03. The molecule has 2 aromatic carbocycles. The van der Waals surface area contributed by atoms with Crippen LogP contribution in [0.1, 0.15) is 25.8 Å². The van der Waals surface area contributed by atoms with Crippen molar-refractivity contribution in [2.24, 2.45) is 0 Å². The van der Waals surface area contributed by atoms with Gasteiger partial charge >= 0.3 is 0 Å². The van der Waals surface area contributed by atoms with Gasteiger partial charge in [-0.15, -0.1) is 0 Å². The van der Waals surface area contributed by atoms with Crippen LogP contribution in [0.5, 0.6) is 17.2 Å². The van der Waals surface area contributed by atoms with Gasteiger partial charge in [0.2, 0.25) is 0 Å². The number of thiocarbonyl (C=S) groups is 1. The SMILES string of the molecule is CC[C@H](C)Oc1c(Br)cc(/C=C2\C(=O)NC(=S)N(c3ccc(OC)cc3)C2=O)cc1OC. The molecule has 1 fully saturated rings. The highest BCUT2D eigenvalue weighted by Crippen LogP contribution is 2.38. The highest BCUT2D eigenvalue weighted by atomic mass is 79.9. The Morgan fingerprint density at radius 2 is 1.84 bits per heavy atom. The molecule has 0 aromatic heterocycles. The normalized spacial score (nSPS) is 16.1. The molecule has 9 heteroatoms. The number of nitrogens with zero attached hydrogens (tertiary/aromatic N) is 1. The van der Waals surface area contributed by atoms with Gasteiger partial charge in [-0.2, -0.15) is 0 Å². The quantitative estimate of drug-likeness (QED) is 0.331. The lowest BCUT2D eigenvalue weighted by Gasteiger charge is -2.29. The van der Waals surface area contributed by atoms with Crippen molar-refractivity contribution in [2.45, 2.75) is 26.4 Å². The van der Waals surface area contributed by atoms with Crippen molar-refractivity contribution in [2.75, 3.05) is 19.1 Å². The molecule has 2 amide bonds. The first-order valence-corrected chi connectivity index (χ1v) is 11.1. The highest BCUT2D eigenvalue weighted by Gasteiger charge is 2.34. The van der Waals surface area contributed by atoms with E-state index in [1.165, 1.54) is 18.1 Å². The van der Waals surface area contributed by atoms with Gasteiger partial charge in [0.05, 0.1) is 30.5 Å². The maximum absolute atomic E-state index is 13.2. The van der Waals surface area contributed by atoms with Crippen LogP contribution in [-0.4, -0.2) is 37.3 Å². The maximum atomic E-state index is 13.2. The number of hydrogen-bond donors (Lipinski definition) is 1. The topological polar surface area (TPSA) is 77.1 Å². The van der Waals surface area contributed by atoms with E-state index in [4.69, 9.17) is 26.4 Å². The minimum absolute atomic E-state index is 0.00540. The van der Waals surface area contributed by atoms with Crippen molar-refractivity contribution in [3.05, 3.63) is 52.0 Å². The molecule has 0 saturated carbocycles. The van der Waals surface area contributed by atoms with Crippen LogP contribution in [-0.2, 0) is 9.59 Å². The Hall–Kier alpha value is -2.91. The number of nitrogens with one attached hydrogen (secondary N) is 1. The predicted octanol–water partition coefficient (Wildman–Crippen LogP) is 4.47. The van der Waals surface area contributed by atoms with E-state index < -0.39 is 11.8 Å². The van der Waals surface area contributed by atoms with Crippen molar-refractivity contribution in [1.29, 1.82) is 0 Å². The molecule has 1 heterocycles. The molecule has 0 bridgehead atoms. The average Bonchev–Trinajstić information content (AvgIpc) is 2.78. The van der Waals surface area contributed by atoms with Crippen LogP contribution in [0.15, 0.2) is 46.4 Å². The number of methoxy groups -OCH3 is 2. The monoisotopic (exact) mass is 518 g/mol. The molecule has 2 aromatic rings. The van der Waals surface area contributed by atoms with Gasteiger partial charge in [0.15, 0.2) is 16.6 Å². The zero-order valence-corrected chi connectivity index (χ0v) is 20.5. The summed E-state index contributed by atoms with van der Waals surface area (Å²) in [6, 6.07) is 10.3. The van der Waals surface area contributed by atoms with Crippen LogP contribution < -0.4 is 24.4 Å². The molecule has 3 rings (SSSR count). The van der Waals surface area contributed by atoms with Crippen LogP contribution in [0.25, 0.3) is 6.08 Å². The summed E-state index contributed by atoms with van der Waals surface area (Å²) in [7, 11) is 3.09. The molecule has 0 spiro atoms. The zero-order chi connectivity index (χ0) is 23.4. The molecule has 32 heavy (non-hydrogen) atoms. The molecule has 1 aliphatic heterocycles. The van der Waals surface area contributed by atoms with Crippen LogP contribution in [0, 0.1) is 0 Å². The van der Waals surface area contributed by atoms with Crippen molar-refractivity contribution in [3.8, 4) is 17.2 Å². The molecule has 1 N–H and O–H groups in total. The molecule has 0 radical (unpaired) electrons. The van der Waals surface area contributed by atoms with E-state index >= 15 is 0 Å². The third kappa shape index (κ3) is 4.94. The Labute approximate surface area is 200 Å². The molecular weight excluding hydrogens is 496 g/mol. The maximum Gasteiger partial charge on any atom is 0.270 e. The summed E-state index contributed by atoms with van der Waals surface area (Å²) < 4.78 is 17.2. The third-order valence-electron chi connectivity index (χ3n) is 4.89. The van der Waals surface area contributed by atoms with Gasteiger partial charge in [0.1, 0.15) is 11.3 Å². The number of anilines is 1. The number of carbonyl (C=O) groups excluding carboxylic acids is 2. The van der Waals surface area contributed by atoms with Crippen LogP contribution >= 0.6 is 28.1 Å². The molecule has 168 valence electrons. The first kappa shape index (κ1) is 23.7. The first-order chi connectivity index (χ1) is 15.3. The molecule has 1 atom stereocenters. The Morgan fingerprint density at radius 3 is 2.44 bits per heavy atom. The lowest BCUT2D eigenvalue weighted by molar-refractivity contribution is -0.122. The number of rotatable bonds is 7. The number of benzene rings is 2. The molecule has 7 nitrogen and oxygen atoms in total. The van der Waals surface area contributed by atoms with E-state index in [2.05, 4.69) is 21.2 Å². The van der Waals surface area contributed by atoms with E-state index in [0.717, 1.165) is 6.42 Å². The Balaban J connectivity index is 1.99. The minimum Gasteiger partial charge on any atom is -0.497 e. The summed E-state index contributed by atoms with van der Waals surface area (Å²) in [5, 5.41) is 2.59. The summed E-state index contributed by atoms with van der Waals surface area (Å²) in [6.07, 6.45) is 2.32. The fourth-order valence-corrected chi connectivity index (χ4v) is 3.85. The predicted molar refractivity (Wildman–Crippen MR) is 130 cm³/mol. The first-order valence-electron chi connectivity index (χ1n) is 9.88. The zero-order valence-electron chi connectivity index (χ0n) is 18.1. The highest BCUT2D eigenvalue weighted by molar-refractivity contribution is 9.10. The van der Waals surface area contributed by atoms with Crippen molar-refractivity contribution in [1.82, 2.24) is 5.32 Å². The fourth-order valence-electron chi connectivity index (χ4n) is 3.01. The summed E-state index contributed by atoms with van der Waals surface area (Å²) in [4.78, 5) is 27.1. The van der Waals surface area contributed by atoms with Gasteiger partial charge < -0.3 is 14.2 Å². The van der Waals surface area contributed by atoms with E-state index in [0.29, 0.717) is 33.0 Å². The second-order valence-corrected chi connectivity index (χ2v) is 8.27.